The summed E-state index contributed by atoms with van der Waals surface area (Å²) >= 11 is 0. The van der Waals surface area contributed by atoms with Crippen LogP contribution in [0.1, 0.15) is 26.7 Å². The molecule has 1 saturated heterocycles. The van der Waals surface area contributed by atoms with Gasteiger partial charge in [0, 0.05) is 24.8 Å². The van der Waals surface area contributed by atoms with E-state index in [1.807, 2.05) is 23.1 Å². The Morgan fingerprint density at radius 3 is 2.48 bits per heavy atom. The SMILES string of the molecule is CC(C)(NC(=O)Nc1ccccc1)C(=O)N1CC2CCC(N)C2C1.Cl. The van der Waals surface area contributed by atoms with E-state index in [9.17, 15) is 9.59 Å². The Hall–Kier alpha value is -1.79. The Bertz CT molecular complexity index is 623. The molecule has 0 aromatic heterocycles. The normalized spacial score (nSPS) is 25.1. The van der Waals surface area contributed by atoms with Gasteiger partial charge >= 0.3 is 6.03 Å². The molecular formula is C18H27ClN4O2. The first-order valence-electron chi connectivity index (χ1n) is 8.56. The van der Waals surface area contributed by atoms with Crippen LogP contribution in [0.5, 0.6) is 0 Å². The number of nitrogens with zero attached hydrogens (tertiary/aromatic N) is 1. The zero-order chi connectivity index (χ0) is 17.3. The molecule has 1 heterocycles. The Morgan fingerprint density at radius 1 is 1.16 bits per heavy atom. The lowest BCUT2D eigenvalue weighted by atomic mass is 9.98. The molecule has 25 heavy (non-hydrogen) atoms. The molecule has 1 aromatic rings. The summed E-state index contributed by atoms with van der Waals surface area (Å²) in [6, 6.07) is 9.00. The summed E-state index contributed by atoms with van der Waals surface area (Å²) in [4.78, 5) is 26.9. The number of carbonyl (C=O) groups excluding carboxylic acids is 2. The lowest BCUT2D eigenvalue weighted by Crippen LogP contribution is -2.56. The van der Waals surface area contributed by atoms with Crippen molar-refractivity contribution < 1.29 is 9.59 Å². The quantitative estimate of drug-likeness (QED) is 0.766. The summed E-state index contributed by atoms with van der Waals surface area (Å²) in [5, 5.41) is 5.54. The predicted molar refractivity (Wildman–Crippen MR) is 101 cm³/mol. The molecule has 6 nitrogen and oxygen atoms in total. The van der Waals surface area contributed by atoms with Crippen LogP contribution in [0.4, 0.5) is 10.5 Å². The van der Waals surface area contributed by atoms with Gasteiger partial charge in [-0.3, -0.25) is 4.79 Å². The number of urea groups is 1. The summed E-state index contributed by atoms with van der Waals surface area (Å²) in [6.45, 7) is 4.95. The Kier molecular flexibility index (Phi) is 5.95. The van der Waals surface area contributed by atoms with Gasteiger partial charge in [-0.25, -0.2) is 4.79 Å². The molecular weight excluding hydrogens is 340 g/mol. The molecule has 0 radical (unpaired) electrons. The van der Waals surface area contributed by atoms with Crippen LogP contribution in [0.2, 0.25) is 0 Å². The third-order valence-corrected chi connectivity index (χ3v) is 5.19. The van der Waals surface area contributed by atoms with Crippen molar-refractivity contribution in [2.45, 2.75) is 38.3 Å². The van der Waals surface area contributed by atoms with Gasteiger partial charge in [-0.1, -0.05) is 18.2 Å². The highest BCUT2D eigenvalue weighted by atomic mass is 35.5. The lowest BCUT2D eigenvalue weighted by molar-refractivity contribution is -0.135. The molecule has 1 aliphatic carbocycles. The molecule has 0 bridgehead atoms. The van der Waals surface area contributed by atoms with E-state index in [2.05, 4.69) is 10.6 Å². The molecule has 2 fully saturated rings. The number of hydrogen-bond acceptors (Lipinski definition) is 3. The number of halogens is 1. The number of nitrogens with one attached hydrogen (secondary N) is 2. The Labute approximate surface area is 154 Å². The molecule has 1 saturated carbocycles. The van der Waals surface area contributed by atoms with Crippen molar-refractivity contribution in [2.24, 2.45) is 17.6 Å². The minimum Gasteiger partial charge on any atom is -0.340 e. The van der Waals surface area contributed by atoms with Gasteiger partial charge in [0.2, 0.25) is 5.91 Å². The minimum absolute atomic E-state index is 0. The number of para-hydroxylation sites is 1. The fraction of sp³-hybridized carbons (Fsp3) is 0.556. The van der Waals surface area contributed by atoms with Crippen molar-refractivity contribution in [3.05, 3.63) is 30.3 Å². The van der Waals surface area contributed by atoms with Gasteiger partial charge in [0.05, 0.1) is 0 Å². The maximum absolute atomic E-state index is 12.8. The zero-order valence-corrected chi connectivity index (χ0v) is 15.5. The lowest BCUT2D eigenvalue weighted by Gasteiger charge is -2.31. The average molecular weight is 367 g/mol. The van der Waals surface area contributed by atoms with E-state index in [0.29, 0.717) is 24.1 Å². The first-order chi connectivity index (χ1) is 11.4. The number of benzene rings is 1. The van der Waals surface area contributed by atoms with Gasteiger partial charge in [0.15, 0.2) is 0 Å². The molecule has 3 atom stereocenters. The van der Waals surface area contributed by atoms with Crippen molar-refractivity contribution in [2.75, 3.05) is 18.4 Å². The number of nitrogens with two attached hydrogens (primary N) is 1. The van der Waals surface area contributed by atoms with Gasteiger partial charge in [0.25, 0.3) is 0 Å². The number of fused-ring (bicyclic) bond motifs is 1. The summed E-state index contributed by atoms with van der Waals surface area (Å²) in [6.07, 6.45) is 2.15. The molecule has 2 aliphatic rings. The van der Waals surface area contributed by atoms with E-state index in [-0.39, 0.29) is 30.4 Å². The molecule has 3 unspecified atom stereocenters. The van der Waals surface area contributed by atoms with Crippen LogP contribution in [0.3, 0.4) is 0 Å². The van der Waals surface area contributed by atoms with Gasteiger partial charge < -0.3 is 21.3 Å². The van der Waals surface area contributed by atoms with E-state index in [0.717, 1.165) is 19.4 Å². The van der Waals surface area contributed by atoms with Crippen LogP contribution >= 0.6 is 12.4 Å². The fourth-order valence-corrected chi connectivity index (χ4v) is 3.89. The summed E-state index contributed by atoms with van der Waals surface area (Å²) in [7, 11) is 0. The minimum atomic E-state index is -0.957. The molecule has 3 amide bonds. The van der Waals surface area contributed by atoms with Crippen LogP contribution in [-0.2, 0) is 4.79 Å². The number of carbonyl (C=O) groups is 2. The van der Waals surface area contributed by atoms with Crippen LogP contribution in [0.15, 0.2) is 30.3 Å². The van der Waals surface area contributed by atoms with Crippen LogP contribution < -0.4 is 16.4 Å². The molecule has 4 N–H and O–H groups in total. The first-order valence-corrected chi connectivity index (χ1v) is 8.56. The molecule has 3 rings (SSSR count). The number of hydrogen-bond donors (Lipinski definition) is 3. The fourth-order valence-electron chi connectivity index (χ4n) is 3.89. The Balaban J connectivity index is 0.00000225. The third kappa shape index (κ3) is 4.25. The highest BCUT2D eigenvalue weighted by Gasteiger charge is 2.45. The molecule has 7 heteroatoms. The van der Waals surface area contributed by atoms with E-state index in [1.54, 1.807) is 26.0 Å². The standard InChI is InChI=1S/C18H26N4O2.ClH/c1-18(2,21-17(24)20-13-6-4-3-5-7-13)16(23)22-10-12-8-9-15(19)14(12)11-22;/h3-7,12,14-15H,8-11,19H2,1-2H3,(H2,20,21,24);1H. The van der Waals surface area contributed by atoms with Crippen LogP contribution in [0.25, 0.3) is 0 Å². The van der Waals surface area contributed by atoms with E-state index >= 15 is 0 Å². The van der Waals surface area contributed by atoms with Crippen molar-refractivity contribution in [3.8, 4) is 0 Å². The maximum Gasteiger partial charge on any atom is 0.320 e. The van der Waals surface area contributed by atoms with Crippen molar-refractivity contribution >= 4 is 30.0 Å². The second-order valence-corrected chi connectivity index (χ2v) is 7.45. The number of rotatable bonds is 3. The number of likely N-dealkylation sites (tertiary alicyclic amines) is 1. The van der Waals surface area contributed by atoms with Gasteiger partial charge in [-0.2, -0.15) is 0 Å². The second-order valence-electron chi connectivity index (χ2n) is 7.45. The van der Waals surface area contributed by atoms with Gasteiger partial charge in [-0.05, 0) is 50.7 Å². The van der Waals surface area contributed by atoms with Crippen LogP contribution in [0, 0.1) is 11.8 Å². The van der Waals surface area contributed by atoms with Gasteiger partial charge in [-0.15, -0.1) is 12.4 Å². The second kappa shape index (κ2) is 7.62. The van der Waals surface area contributed by atoms with Crippen molar-refractivity contribution in [3.63, 3.8) is 0 Å². The zero-order valence-electron chi connectivity index (χ0n) is 14.7. The molecule has 1 aromatic carbocycles. The highest BCUT2D eigenvalue weighted by molar-refractivity contribution is 5.95. The largest absolute Gasteiger partial charge is 0.340 e. The van der Waals surface area contributed by atoms with Crippen molar-refractivity contribution in [1.82, 2.24) is 10.2 Å². The van der Waals surface area contributed by atoms with Crippen LogP contribution in [-0.4, -0.2) is 41.5 Å². The smallest absolute Gasteiger partial charge is 0.320 e. The third-order valence-electron chi connectivity index (χ3n) is 5.19. The number of amides is 3. The highest BCUT2D eigenvalue weighted by Crippen LogP contribution is 2.37. The first kappa shape index (κ1) is 19.5. The predicted octanol–water partition coefficient (Wildman–Crippen LogP) is 2.20. The van der Waals surface area contributed by atoms with E-state index < -0.39 is 5.54 Å². The monoisotopic (exact) mass is 366 g/mol. The molecule has 0 spiro atoms. The average Bonchev–Trinajstić information content (AvgIpc) is 3.09. The molecule has 1 aliphatic heterocycles. The van der Waals surface area contributed by atoms with Gasteiger partial charge in [0.1, 0.15) is 5.54 Å². The summed E-state index contributed by atoms with van der Waals surface area (Å²) < 4.78 is 0. The number of anilines is 1. The maximum atomic E-state index is 12.8. The topological polar surface area (TPSA) is 87.5 Å². The molecule has 138 valence electrons. The van der Waals surface area contributed by atoms with Crippen molar-refractivity contribution in [1.29, 1.82) is 0 Å². The summed E-state index contributed by atoms with van der Waals surface area (Å²) in [5.41, 5.74) is 5.88. The van der Waals surface area contributed by atoms with E-state index in [1.165, 1.54) is 0 Å². The summed E-state index contributed by atoms with van der Waals surface area (Å²) in [5.74, 6) is 0.869. The Morgan fingerprint density at radius 2 is 1.84 bits per heavy atom. The van der Waals surface area contributed by atoms with E-state index in [4.69, 9.17) is 5.73 Å².